The van der Waals surface area contributed by atoms with Gasteiger partial charge in [-0.2, -0.15) is 0 Å². The van der Waals surface area contributed by atoms with E-state index in [0.29, 0.717) is 29.1 Å². The number of rotatable bonds is 2. The van der Waals surface area contributed by atoms with E-state index in [2.05, 4.69) is 5.32 Å². The van der Waals surface area contributed by atoms with Crippen molar-refractivity contribution in [3.05, 3.63) is 34.1 Å². The van der Waals surface area contributed by atoms with Crippen LogP contribution in [0, 0.1) is 18.7 Å². The first kappa shape index (κ1) is 13.3. The van der Waals surface area contributed by atoms with Crippen LogP contribution in [0.3, 0.4) is 0 Å². The average Bonchev–Trinajstić information content (AvgIpc) is 2.81. The van der Waals surface area contributed by atoms with Crippen LogP contribution in [0.4, 0.5) is 4.39 Å². The van der Waals surface area contributed by atoms with Gasteiger partial charge in [0.05, 0.1) is 13.0 Å². The van der Waals surface area contributed by atoms with Crippen molar-refractivity contribution in [1.29, 1.82) is 0 Å². The lowest BCUT2D eigenvalue weighted by Gasteiger charge is -2.20. The highest BCUT2D eigenvalue weighted by Gasteiger charge is 2.36. The normalized spacial score (nSPS) is 23.1. The van der Waals surface area contributed by atoms with Gasteiger partial charge < -0.3 is 10.1 Å². The Hall–Kier alpha value is -1.13. The summed E-state index contributed by atoms with van der Waals surface area (Å²) in [6, 6.07) is 2.49. The molecule has 1 aliphatic heterocycles. The van der Waals surface area contributed by atoms with Crippen molar-refractivity contribution in [2.45, 2.75) is 19.4 Å². The number of methoxy groups -OCH3 is 1. The summed E-state index contributed by atoms with van der Waals surface area (Å²) in [5.41, 5.74) is 1.30. The third-order valence-corrected chi connectivity index (χ3v) is 3.82. The molecule has 3 nitrogen and oxygen atoms in total. The van der Waals surface area contributed by atoms with E-state index in [9.17, 15) is 9.18 Å². The predicted octanol–water partition coefficient (Wildman–Crippen LogP) is 2.61. The SMILES string of the molecule is COC(=O)[C@H]1CCN[C@H]1c1cc(F)cc(C)c1Cl. The fraction of sp³-hybridized carbons (Fsp3) is 0.462. The average molecular weight is 272 g/mol. The molecule has 0 aromatic heterocycles. The predicted molar refractivity (Wildman–Crippen MR) is 67.0 cm³/mol. The lowest BCUT2D eigenvalue weighted by atomic mass is 9.93. The molecule has 1 aromatic carbocycles. The number of hydrogen-bond acceptors (Lipinski definition) is 3. The number of esters is 1. The van der Waals surface area contributed by atoms with Gasteiger partial charge in [-0.3, -0.25) is 4.79 Å². The third kappa shape index (κ3) is 2.35. The standard InChI is InChI=1S/C13H15ClFNO2/c1-7-5-8(15)6-10(11(7)14)12-9(3-4-16-12)13(17)18-2/h5-6,9,12,16H,3-4H2,1-2H3/t9-,12+/m0/s1. The Kier molecular flexibility index (Phi) is 3.88. The second kappa shape index (κ2) is 5.24. The second-order valence-corrected chi connectivity index (χ2v) is 4.85. The van der Waals surface area contributed by atoms with Gasteiger partial charge in [0.15, 0.2) is 0 Å². The van der Waals surface area contributed by atoms with Gasteiger partial charge in [0.25, 0.3) is 0 Å². The molecule has 0 aliphatic carbocycles. The fourth-order valence-electron chi connectivity index (χ4n) is 2.41. The van der Waals surface area contributed by atoms with Crippen LogP contribution in [0.15, 0.2) is 12.1 Å². The molecule has 2 atom stereocenters. The summed E-state index contributed by atoms with van der Waals surface area (Å²) >= 11 is 6.20. The molecule has 18 heavy (non-hydrogen) atoms. The highest BCUT2D eigenvalue weighted by atomic mass is 35.5. The summed E-state index contributed by atoms with van der Waals surface area (Å²) in [4.78, 5) is 11.7. The van der Waals surface area contributed by atoms with Gasteiger partial charge in [0, 0.05) is 11.1 Å². The molecule has 1 saturated heterocycles. The summed E-state index contributed by atoms with van der Waals surface area (Å²) in [5, 5.41) is 3.69. The van der Waals surface area contributed by atoms with E-state index in [1.807, 2.05) is 0 Å². The van der Waals surface area contributed by atoms with Gasteiger partial charge in [0.1, 0.15) is 5.82 Å². The summed E-state index contributed by atoms with van der Waals surface area (Å²) in [7, 11) is 1.36. The molecule has 5 heteroatoms. The lowest BCUT2D eigenvalue weighted by Crippen LogP contribution is -2.25. The van der Waals surface area contributed by atoms with Gasteiger partial charge in [0.2, 0.25) is 0 Å². The maximum absolute atomic E-state index is 13.5. The summed E-state index contributed by atoms with van der Waals surface area (Å²) < 4.78 is 18.2. The molecule has 0 radical (unpaired) electrons. The first-order valence-electron chi connectivity index (χ1n) is 5.81. The Labute approximate surface area is 110 Å². The van der Waals surface area contributed by atoms with E-state index in [-0.39, 0.29) is 23.7 Å². The number of carbonyl (C=O) groups is 1. The minimum Gasteiger partial charge on any atom is -0.469 e. The van der Waals surface area contributed by atoms with Crippen LogP contribution in [0.5, 0.6) is 0 Å². The van der Waals surface area contributed by atoms with Crippen molar-refractivity contribution in [3.63, 3.8) is 0 Å². The molecule has 1 heterocycles. The Balaban J connectivity index is 2.39. The van der Waals surface area contributed by atoms with Crippen LogP contribution in [-0.4, -0.2) is 19.6 Å². The van der Waals surface area contributed by atoms with E-state index in [0.717, 1.165) is 0 Å². The third-order valence-electron chi connectivity index (χ3n) is 3.31. The van der Waals surface area contributed by atoms with E-state index >= 15 is 0 Å². The molecule has 98 valence electrons. The fourth-order valence-corrected chi connectivity index (χ4v) is 2.64. The van der Waals surface area contributed by atoms with Crippen LogP contribution < -0.4 is 5.32 Å². The first-order valence-corrected chi connectivity index (χ1v) is 6.19. The van der Waals surface area contributed by atoms with Crippen LogP contribution in [0.2, 0.25) is 5.02 Å². The van der Waals surface area contributed by atoms with E-state index in [1.54, 1.807) is 6.92 Å². The van der Waals surface area contributed by atoms with Crippen molar-refractivity contribution in [3.8, 4) is 0 Å². The maximum Gasteiger partial charge on any atom is 0.310 e. The summed E-state index contributed by atoms with van der Waals surface area (Å²) in [6.45, 7) is 2.44. The van der Waals surface area contributed by atoms with Gasteiger partial charge in [-0.1, -0.05) is 11.6 Å². The molecule has 1 aliphatic rings. The highest BCUT2D eigenvalue weighted by Crippen LogP contribution is 2.36. The summed E-state index contributed by atoms with van der Waals surface area (Å²) in [6.07, 6.45) is 0.670. The zero-order chi connectivity index (χ0) is 13.3. The van der Waals surface area contributed by atoms with Crippen molar-refractivity contribution in [2.75, 3.05) is 13.7 Å². The van der Waals surface area contributed by atoms with Crippen molar-refractivity contribution in [1.82, 2.24) is 5.32 Å². The van der Waals surface area contributed by atoms with Crippen LogP contribution in [0.25, 0.3) is 0 Å². The first-order chi connectivity index (χ1) is 8.54. The number of nitrogens with one attached hydrogen (secondary N) is 1. The Morgan fingerprint density at radius 1 is 1.56 bits per heavy atom. The Bertz CT molecular complexity index is 478. The number of hydrogen-bond donors (Lipinski definition) is 1. The smallest absolute Gasteiger partial charge is 0.310 e. The maximum atomic E-state index is 13.5. The molecule has 0 spiro atoms. The molecule has 0 amide bonds. The number of benzene rings is 1. The van der Waals surface area contributed by atoms with Crippen LogP contribution in [-0.2, 0) is 9.53 Å². The molecular weight excluding hydrogens is 257 g/mol. The molecular formula is C13H15ClFNO2. The van der Waals surface area contributed by atoms with Crippen molar-refractivity contribution < 1.29 is 13.9 Å². The van der Waals surface area contributed by atoms with Gasteiger partial charge in [-0.05, 0) is 43.1 Å². The zero-order valence-corrected chi connectivity index (χ0v) is 11.1. The second-order valence-electron chi connectivity index (χ2n) is 4.48. The van der Waals surface area contributed by atoms with E-state index < -0.39 is 0 Å². The van der Waals surface area contributed by atoms with Gasteiger partial charge in [-0.15, -0.1) is 0 Å². The zero-order valence-electron chi connectivity index (χ0n) is 10.3. The van der Waals surface area contributed by atoms with Crippen molar-refractivity contribution >= 4 is 17.6 Å². The monoisotopic (exact) mass is 271 g/mol. The molecule has 1 N–H and O–H groups in total. The molecule has 1 fully saturated rings. The van der Waals surface area contributed by atoms with Gasteiger partial charge >= 0.3 is 5.97 Å². The Morgan fingerprint density at radius 3 is 2.94 bits per heavy atom. The minimum atomic E-state index is -0.343. The molecule has 1 aromatic rings. The van der Waals surface area contributed by atoms with E-state index in [4.69, 9.17) is 16.3 Å². The minimum absolute atomic E-state index is 0.278. The van der Waals surface area contributed by atoms with Gasteiger partial charge in [-0.25, -0.2) is 4.39 Å². The molecule has 0 unspecified atom stereocenters. The number of carbonyl (C=O) groups excluding carboxylic acids is 1. The largest absolute Gasteiger partial charge is 0.469 e. The number of ether oxygens (including phenoxy) is 1. The number of halogens is 2. The summed E-state index contributed by atoms with van der Waals surface area (Å²) in [5.74, 6) is -0.944. The topological polar surface area (TPSA) is 38.3 Å². The molecule has 0 saturated carbocycles. The van der Waals surface area contributed by atoms with Crippen molar-refractivity contribution in [2.24, 2.45) is 5.92 Å². The quantitative estimate of drug-likeness (QED) is 0.841. The van der Waals surface area contributed by atoms with E-state index in [1.165, 1.54) is 19.2 Å². The number of aryl methyl sites for hydroxylation is 1. The highest BCUT2D eigenvalue weighted by molar-refractivity contribution is 6.32. The van der Waals surface area contributed by atoms with Crippen LogP contribution >= 0.6 is 11.6 Å². The molecule has 0 bridgehead atoms. The molecule has 2 rings (SSSR count). The lowest BCUT2D eigenvalue weighted by molar-refractivity contribution is -0.145. The Morgan fingerprint density at radius 2 is 2.28 bits per heavy atom. The van der Waals surface area contributed by atoms with Crippen LogP contribution in [0.1, 0.15) is 23.6 Å².